The Balaban J connectivity index is 2.07. The van der Waals surface area contributed by atoms with E-state index in [4.69, 9.17) is 0 Å². The van der Waals surface area contributed by atoms with Crippen LogP contribution in [0.4, 0.5) is 18.9 Å². The summed E-state index contributed by atoms with van der Waals surface area (Å²) in [4.78, 5) is 0. The van der Waals surface area contributed by atoms with Gasteiger partial charge in [0, 0.05) is 18.7 Å². The van der Waals surface area contributed by atoms with Crippen LogP contribution in [0.3, 0.4) is 0 Å². The third-order valence-corrected chi connectivity index (χ3v) is 2.96. The molecule has 0 bridgehead atoms. The van der Waals surface area contributed by atoms with Gasteiger partial charge < -0.3 is 5.32 Å². The van der Waals surface area contributed by atoms with Crippen molar-refractivity contribution in [1.82, 2.24) is 0 Å². The predicted molar refractivity (Wildman–Crippen MR) is 69.7 cm³/mol. The molecule has 2 aromatic rings. The van der Waals surface area contributed by atoms with Crippen LogP contribution in [-0.4, -0.2) is 6.54 Å². The van der Waals surface area contributed by atoms with E-state index in [-0.39, 0.29) is 11.6 Å². The average molecular weight is 265 g/mol. The highest BCUT2D eigenvalue weighted by molar-refractivity contribution is 5.46. The van der Waals surface area contributed by atoms with E-state index in [2.05, 4.69) is 5.32 Å². The molecule has 0 aliphatic carbocycles. The summed E-state index contributed by atoms with van der Waals surface area (Å²) >= 11 is 0. The maximum absolute atomic E-state index is 13.4. The van der Waals surface area contributed by atoms with Gasteiger partial charge in [-0.05, 0) is 11.5 Å². The molecule has 0 aliphatic rings. The summed E-state index contributed by atoms with van der Waals surface area (Å²) in [5, 5.41) is 2.69. The number of halogens is 3. The minimum Gasteiger partial charge on any atom is -0.380 e. The molecule has 1 atom stereocenters. The van der Waals surface area contributed by atoms with E-state index in [0.717, 1.165) is 5.56 Å². The molecular weight excluding hydrogens is 251 g/mol. The fourth-order valence-electron chi connectivity index (χ4n) is 1.87. The Labute approximate surface area is 110 Å². The monoisotopic (exact) mass is 265 g/mol. The first-order valence-electron chi connectivity index (χ1n) is 6.01. The van der Waals surface area contributed by atoms with Crippen molar-refractivity contribution in [1.29, 1.82) is 0 Å². The van der Waals surface area contributed by atoms with Gasteiger partial charge in [-0.25, -0.2) is 13.2 Å². The highest BCUT2D eigenvalue weighted by Gasteiger charge is 2.12. The molecule has 1 nitrogen and oxygen atoms in total. The van der Waals surface area contributed by atoms with Gasteiger partial charge in [-0.1, -0.05) is 37.3 Å². The first-order valence-corrected chi connectivity index (χ1v) is 6.01. The second kappa shape index (κ2) is 5.78. The van der Waals surface area contributed by atoms with Crippen LogP contribution < -0.4 is 5.32 Å². The minimum atomic E-state index is -0.920. The highest BCUT2D eigenvalue weighted by Crippen LogP contribution is 2.22. The van der Waals surface area contributed by atoms with Gasteiger partial charge in [0.05, 0.1) is 0 Å². The third-order valence-electron chi connectivity index (χ3n) is 2.96. The summed E-state index contributed by atoms with van der Waals surface area (Å²) in [6, 6.07) is 10.9. The van der Waals surface area contributed by atoms with Crippen molar-refractivity contribution in [2.24, 2.45) is 0 Å². The van der Waals surface area contributed by atoms with E-state index < -0.39 is 17.5 Å². The third kappa shape index (κ3) is 3.28. The summed E-state index contributed by atoms with van der Waals surface area (Å²) < 4.78 is 39.6. The van der Waals surface area contributed by atoms with Gasteiger partial charge in [-0.15, -0.1) is 0 Å². The lowest BCUT2D eigenvalue weighted by atomic mass is 10.0. The Morgan fingerprint density at radius 2 is 1.58 bits per heavy atom. The van der Waals surface area contributed by atoms with E-state index in [9.17, 15) is 13.2 Å². The Morgan fingerprint density at radius 1 is 1.00 bits per heavy atom. The van der Waals surface area contributed by atoms with Crippen LogP contribution in [0, 0.1) is 17.5 Å². The molecule has 2 aromatic carbocycles. The summed E-state index contributed by atoms with van der Waals surface area (Å²) in [6.45, 7) is 2.31. The van der Waals surface area contributed by atoms with Crippen LogP contribution in [0.2, 0.25) is 0 Å². The van der Waals surface area contributed by atoms with E-state index >= 15 is 0 Å². The lowest BCUT2D eigenvalue weighted by Gasteiger charge is -2.15. The Hall–Kier alpha value is -1.97. The zero-order chi connectivity index (χ0) is 13.8. The van der Waals surface area contributed by atoms with Crippen LogP contribution >= 0.6 is 0 Å². The summed E-state index contributed by atoms with van der Waals surface area (Å²) in [7, 11) is 0. The quantitative estimate of drug-likeness (QED) is 0.868. The molecule has 0 spiro atoms. The first-order chi connectivity index (χ1) is 9.08. The molecule has 0 heterocycles. The lowest BCUT2D eigenvalue weighted by Crippen LogP contribution is -2.12. The smallest absolute Gasteiger partial charge is 0.152 e. The number of nitrogens with one attached hydrogen (secondary N) is 1. The molecule has 0 aliphatic heterocycles. The van der Waals surface area contributed by atoms with Crippen LogP contribution in [0.1, 0.15) is 18.4 Å². The van der Waals surface area contributed by atoms with Crippen LogP contribution in [-0.2, 0) is 0 Å². The normalized spacial score (nSPS) is 12.2. The highest BCUT2D eigenvalue weighted by atomic mass is 19.1. The summed E-state index contributed by atoms with van der Waals surface area (Å²) in [5.41, 5.74) is 0.780. The molecule has 2 rings (SSSR count). The fraction of sp³-hybridized carbons (Fsp3) is 0.200. The molecule has 0 fully saturated rings. The van der Waals surface area contributed by atoms with Crippen molar-refractivity contribution in [3.8, 4) is 0 Å². The van der Waals surface area contributed by atoms with Crippen LogP contribution in [0.25, 0.3) is 0 Å². The fourth-order valence-corrected chi connectivity index (χ4v) is 1.87. The SMILES string of the molecule is CC(CNc1c(F)cc(F)cc1F)c1ccccc1. The van der Waals surface area contributed by atoms with E-state index in [1.807, 2.05) is 37.3 Å². The molecule has 1 unspecified atom stereocenters. The van der Waals surface area contributed by atoms with Gasteiger partial charge >= 0.3 is 0 Å². The van der Waals surface area contributed by atoms with Crippen molar-refractivity contribution in [3.05, 3.63) is 65.5 Å². The van der Waals surface area contributed by atoms with E-state index in [1.165, 1.54) is 0 Å². The van der Waals surface area contributed by atoms with Gasteiger partial charge in [0.1, 0.15) is 11.5 Å². The molecular formula is C15H14F3N. The van der Waals surface area contributed by atoms with Crippen LogP contribution in [0.15, 0.2) is 42.5 Å². The Morgan fingerprint density at radius 3 is 2.16 bits per heavy atom. The molecule has 100 valence electrons. The van der Waals surface area contributed by atoms with Crippen molar-refractivity contribution in [2.75, 3.05) is 11.9 Å². The number of hydrogen-bond donors (Lipinski definition) is 1. The van der Waals surface area contributed by atoms with Gasteiger partial charge in [0.2, 0.25) is 0 Å². The molecule has 0 radical (unpaired) electrons. The molecule has 0 aromatic heterocycles. The van der Waals surface area contributed by atoms with Gasteiger partial charge in [-0.3, -0.25) is 0 Å². The molecule has 0 amide bonds. The van der Waals surface area contributed by atoms with Crippen molar-refractivity contribution in [2.45, 2.75) is 12.8 Å². The number of rotatable bonds is 4. The molecule has 19 heavy (non-hydrogen) atoms. The number of benzene rings is 2. The number of hydrogen-bond acceptors (Lipinski definition) is 1. The average Bonchev–Trinajstić information content (AvgIpc) is 2.38. The predicted octanol–water partition coefficient (Wildman–Crippen LogP) is 4.32. The summed E-state index contributed by atoms with van der Waals surface area (Å²) in [6.07, 6.45) is 0. The maximum atomic E-state index is 13.4. The van der Waals surface area contributed by atoms with Crippen molar-refractivity contribution < 1.29 is 13.2 Å². The zero-order valence-electron chi connectivity index (χ0n) is 10.5. The molecule has 1 N–H and O–H groups in total. The Bertz CT molecular complexity index is 532. The largest absolute Gasteiger partial charge is 0.380 e. The first kappa shape index (κ1) is 13.5. The van der Waals surface area contributed by atoms with Gasteiger partial charge in [-0.2, -0.15) is 0 Å². The summed E-state index contributed by atoms with van der Waals surface area (Å²) in [5.74, 6) is -2.67. The second-order valence-corrected chi connectivity index (χ2v) is 4.44. The second-order valence-electron chi connectivity index (χ2n) is 4.44. The van der Waals surface area contributed by atoms with Crippen LogP contribution in [0.5, 0.6) is 0 Å². The number of anilines is 1. The zero-order valence-corrected chi connectivity index (χ0v) is 10.5. The standard InChI is InChI=1S/C15H14F3N/c1-10(11-5-3-2-4-6-11)9-19-15-13(17)7-12(16)8-14(15)18/h2-8,10,19H,9H2,1H3. The molecule has 4 heteroatoms. The van der Waals surface area contributed by atoms with Gasteiger partial charge in [0.25, 0.3) is 0 Å². The van der Waals surface area contributed by atoms with E-state index in [1.54, 1.807) is 0 Å². The maximum Gasteiger partial charge on any atom is 0.152 e. The molecule has 0 saturated heterocycles. The topological polar surface area (TPSA) is 12.0 Å². The van der Waals surface area contributed by atoms with Crippen molar-refractivity contribution in [3.63, 3.8) is 0 Å². The minimum absolute atomic E-state index is 0.0880. The Kier molecular flexibility index (Phi) is 4.10. The lowest BCUT2D eigenvalue weighted by molar-refractivity contribution is 0.546. The van der Waals surface area contributed by atoms with Gasteiger partial charge in [0.15, 0.2) is 11.6 Å². The van der Waals surface area contributed by atoms with Crippen molar-refractivity contribution >= 4 is 5.69 Å². The molecule has 0 saturated carbocycles. The van der Waals surface area contributed by atoms with E-state index in [0.29, 0.717) is 18.7 Å².